The van der Waals surface area contributed by atoms with Gasteiger partial charge in [-0.2, -0.15) is 0 Å². The molecule has 2 saturated heterocycles. The van der Waals surface area contributed by atoms with Crippen molar-refractivity contribution < 1.29 is 4.42 Å². The van der Waals surface area contributed by atoms with Gasteiger partial charge in [-0.05, 0) is 24.6 Å². The summed E-state index contributed by atoms with van der Waals surface area (Å²) in [6, 6.07) is 6.70. The Labute approximate surface area is 125 Å². The Balaban J connectivity index is 1.75. The highest BCUT2D eigenvalue weighted by atomic mass is 35.5. The fourth-order valence-electron chi connectivity index (χ4n) is 3.56. The molecule has 0 saturated carbocycles. The molecule has 2 fully saturated rings. The largest absolute Gasteiger partial charge is 0.450 e. The summed E-state index contributed by atoms with van der Waals surface area (Å²) in [6.45, 7) is 2.00. The Bertz CT molecular complexity index is 861. The van der Waals surface area contributed by atoms with Gasteiger partial charge < -0.3 is 14.6 Å². The fourth-order valence-corrected chi connectivity index (χ4v) is 3.73. The number of nitrogens with one attached hydrogen (secondary N) is 1. The van der Waals surface area contributed by atoms with Crippen LogP contribution in [0.1, 0.15) is 6.42 Å². The van der Waals surface area contributed by atoms with E-state index in [0.717, 1.165) is 41.0 Å². The number of nitrogens with zero attached hydrogens (tertiary/aromatic N) is 3. The lowest BCUT2D eigenvalue weighted by Crippen LogP contribution is -2.44. The van der Waals surface area contributed by atoms with Gasteiger partial charge in [-0.3, -0.25) is 0 Å². The predicted octanol–water partition coefficient (Wildman–Crippen LogP) is 2.58. The second-order valence-corrected chi connectivity index (χ2v) is 6.20. The number of furan rings is 1. The third kappa shape index (κ3) is 1.61. The molecule has 0 spiro atoms. The Morgan fingerprint density at radius 1 is 1.33 bits per heavy atom. The van der Waals surface area contributed by atoms with Gasteiger partial charge in [0.2, 0.25) is 0 Å². The summed E-state index contributed by atoms with van der Waals surface area (Å²) in [5.74, 6) is 0.904. The standard InChI is InChI=1S/C15H13ClN4O/c16-8-1-2-12-11(3-8)13-14(21-12)15(19-7-18-13)20-6-9-4-10(20)5-17-9/h1-3,7,9-10,17H,4-6H2/t9-,10-/m1/s1. The van der Waals surface area contributed by atoms with Gasteiger partial charge in [0.15, 0.2) is 11.4 Å². The van der Waals surface area contributed by atoms with E-state index in [1.54, 1.807) is 6.33 Å². The molecule has 0 aliphatic carbocycles. The maximum absolute atomic E-state index is 6.09. The monoisotopic (exact) mass is 300 g/mol. The van der Waals surface area contributed by atoms with Gasteiger partial charge >= 0.3 is 0 Å². The third-order valence-corrected chi connectivity index (χ3v) is 4.76. The molecule has 0 unspecified atom stereocenters. The van der Waals surface area contributed by atoms with Crippen LogP contribution in [0.4, 0.5) is 5.82 Å². The molecular formula is C15H13ClN4O. The molecule has 3 aromatic rings. The predicted molar refractivity (Wildman–Crippen MR) is 81.9 cm³/mol. The summed E-state index contributed by atoms with van der Waals surface area (Å²) in [5.41, 5.74) is 2.41. The average Bonchev–Trinajstić information content (AvgIpc) is 3.19. The minimum atomic E-state index is 0.505. The van der Waals surface area contributed by atoms with E-state index in [0.29, 0.717) is 17.1 Å². The van der Waals surface area contributed by atoms with Crippen molar-refractivity contribution in [1.82, 2.24) is 15.3 Å². The van der Waals surface area contributed by atoms with E-state index < -0.39 is 0 Å². The van der Waals surface area contributed by atoms with Gasteiger partial charge in [-0.25, -0.2) is 9.97 Å². The molecule has 1 N–H and O–H groups in total. The van der Waals surface area contributed by atoms with E-state index in [4.69, 9.17) is 16.0 Å². The van der Waals surface area contributed by atoms with Crippen molar-refractivity contribution in [1.29, 1.82) is 0 Å². The smallest absolute Gasteiger partial charge is 0.196 e. The van der Waals surface area contributed by atoms with Crippen LogP contribution in [0.25, 0.3) is 22.1 Å². The number of fused-ring (bicyclic) bond motifs is 5. The number of benzene rings is 1. The SMILES string of the molecule is Clc1ccc2oc3c(N4C[C@H]5C[C@@H]4CN5)ncnc3c2c1. The van der Waals surface area contributed by atoms with Crippen LogP contribution >= 0.6 is 11.6 Å². The molecule has 2 atom stereocenters. The molecule has 1 aromatic carbocycles. The zero-order valence-corrected chi connectivity index (χ0v) is 12.0. The first kappa shape index (κ1) is 11.8. The summed E-state index contributed by atoms with van der Waals surface area (Å²) >= 11 is 6.09. The summed E-state index contributed by atoms with van der Waals surface area (Å²) in [5, 5.41) is 5.14. The van der Waals surface area contributed by atoms with Crippen LogP contribution in [-0.4, -0.2) is 35.1 Å². The van der Waals surface area contributed by atoms with E-state index >= 15 is 0 Å². The quantitative estimate of drug-likeness (QED) is 0.748. The zero-order chi connectivity index (χ0) is 14.0. The van der Waals surface area contributed by atoms with E-state index in [1.807, 2.05) is 18.2 Å². The molecule has 5 nitrogen and oxygen atoms in total. The number of halogens is 1. The van der Waals surface area contributed by atoms with E-state index in [-0.39, 0.29) is 0 Å². The molecule has 106 valence electrons. The summed E-state index contributed by atoms with van der Waals surface area (Å²) in [6.07, 6.45) is 2.80. The lowest BCUT2D eigenvalue weighted by atomic mass is 10.2. The van der Waals surface area contributed by atoms with E-state index in [1.165, 1.54) is 6.42 Å². The highest BCUT2D eigenvalue weighted by Gasteiger charge is 2.39. The molecule has 0 radical (unpaired) electrons. The summed E-state index contributed by atoms with van der Waals surface area (Å²) < 4.78 is 6.01. The fraction of sp³-hybridized carbons (Fsp3) is 0.333. The molecule has 4 heterocycles. The number of rotatable bonds is 1. The van der Waals surface area contributed by atoms with Crippen molar-refractivity contribution in [2.75, 3.05) is 18.0 Å². The van der Waals surface area contributed by atoms with Crippen LogP contribution < -0.4 is 10.2 Å². The number of hydrogen-bond donors (Lipinski definition) is 1. The average molecular weight is 301 g/mol. The van der Waals surface area contributed by atoms with Gasteiger partial charge in [-0.1, -0.05) is 11.6 Å². The molecule has 2 aromatic heterocycles. The lowest BCUT2D eigenvalue weighted by Gasteiger charge is -2.28. The van der Waals surface area contributed by atoms with Crippen molar-refractivity contribution in [2.24, 2.45) is 0 Å². The van der Waals surface area contributed by atoms with Crippen LogP contribution in [0.15, 0.2) is 28.9 Å². The number of anilines is 1. The van der Waals surface area contributed by atoms with Gasteiger partial charge in [0.25, 0.3) is 0 Å². The van der Waals surface area contributed by atoms with Gasteiger partial charge in [-0.15, -0.1) is 0 Å². The van der Waals surface area contributed by atoms with Crippen LogP contribution in [0.2, 0.25) is 5.02 Å². The normalized spacial score (nSPS) is 24.5. The van der Waals surface area contributed by atoms with Crippen molar-refractivity contribution in [3.05, 3.63) is 29.5 Å². The molecule has 2 aliphatic rings. The molecule has 5 rings (SSSR count). The van der Waals surface area contributed by atoms with E-state index in [2.05, 4.69) is 20.2 Å². The molecule has 2 aliphatic heterocycles. The number of hydrogen-bond acceptors (Lipinski definition) is 5. The lowest BCUT2D eigenvalue weighted by molar-refractivity contribution is 0.572. The Morgan fingerprint density at radius 3 is 3.10 bits per heavy atom. The first-order valence-electron chi connectivity index (χ1n) is 7.12. The molecule has 2 bridgehead atoms. The zero-order valence-electron chi connectivity index (χ0n) is 11.2. The molecule has 0 amide bonds. The maximum Gasteiger partial charge on any atom is 0.196 e. The number of piperazine rings is 1. The first-order valence-corrected chi connectivity index (χ1v) is 7.50. The minimum absolute atomic E-state index is 0.505. The van der Waals surface area contributed by atoms with Gasteiger partial charge in [0.05, 0.1) is 0 Å². The Kier molecular flexibility index (Phi) is 2.29. The van der Waals surface area contributed by atoms with Crippen LogP contribution in [-0.2, 0) is 0 Å². The van der Waals surface area contributed by atoms with Crippen molar-refractivity contribution in [3.8, 4) is 0 Å². The van der Waals surface area contributed by atoms with E-state index in [9.17, 15) is 0 Å². The van der Waals surface area contributed by atoms with Gasteiger partial charge in [0, 0.05) is 35.6 Å². The second kappa shape index (κ2) is 4.08. The molecule has 6 heteroatoms. The topological polar surface area (TPSA) is 54.2 Å². The van der Waals surface area contributed by atoms with Crippen LogP contribution in [0, 0.1) is 0 Å². The highest BCUT2D eigenvalue weighted by molar-refractivity contribution is 6.31. The maximum atomic E-state index is 6.09. The summed E-state index contributed by atoms with van der Waals surface area (Å²) in [7, 11) is 0. The Morgan fingerprint density at radius 2 is 2.29 bits per heavy atom. The van der Waals surface area contributed by atoms with Crippen molar-refractivity contribution in [3.63, 3.8) is 0 Å². The minimum Gasteiger partial charge on any atom is -0.450 e. The van der Waals surface area contributed by atoms with Crippen LogP contribution in [0.5, 0.6) is 0 Å². The first-order chi connectivity index (χ1) is 10.3. The van der Waals surface area contributed by atoms with Gasteiger partial charge in [0.1, 0.15) is 17.4 Å². The number of aromatic nitrogens is 2. The Hall–Kier alpha value is -1.85. The van der Waals surface area contributed by atoms with Crippen LogP contribution in [0.3, 0.4) is 0 Å². The highest BCUT2D eigenvalue weighted by Crippen LogP contribution is 2.37. The van der Waals surface area contributed by atoms with Crippen molar-refractivity contribution in [2.45, 2.75) is 18.5 Å². The van der Waals surface area contributed by atoms with Crippen molar-refractivity contribution >= 4 is 39.5 Å². The molecular weight excluding hydrogens is 288 g/mol. The third-order valence-electron chi connectivity index (χ3n) is 4.52. The summed E-state index contributed by atoms with van der Waals surface area (Å²) in [4.78, 5) is 11.2. The molecule has 21 heavy (non-hydrogen) atoms. The second-order valence-electron chi connectivity index (χ2n) is 5.76.